The zero-order chi connectivity index (χ0) is 13.2. The van der Waals surface area contributed by atoms with Gasteiger partial charge < -0.3 is 10.0 Å². The van der Waals surface area contributed by atoms with Crippen LogP contribution in [-0.2, 0) is 0 Å². The molecule has 1 N–H and O–H groups in total. The van der Waals surface area contributed by atoms with Crippen molar-refractivity contribution >= 4 is 0 Å². The molecule has 0 radical (unpaired) electrons. The summed E-state index contributed by atoms with van der Waals surface area (Å²) < 4.78 is 0. The first kappa shape index (κ1) is 14.3. The lowest BCUT2D eigenvalue weighted by Gasteiger charge is -2.46. The second kappa shape index (κ2) is 5.50. The summed E-state index contributed by atoms with van der Waals surface area (Å²) in [5.41, 5.74) is 0.723. The van der Waals surface area contributed by atoms with Gasteiger partial charge >= 0.3 is 0 Å². The third-order valence-electron chi connectivity index (χ3n) is 5.59. The van der Waals surface area contributed by atoms with E-state index in [1.165, 1.54) is 58.0 Å². The molecule has 106 valence electrons. The zero-order valence-corrected chi connectivity index (χ0v) is 12.5. The van der Waals surface area contributed by atoms with Crippen molar-refractivity contribution in [1.82, 2.24) is 4.90 Å². The number of rotatable bonds is 3. The Bertz CT molecular complexity index is 256. The van der Waals surface area contributed by atoms with Crippen molar-refractivity contribution in [2.24, 2.45) is 10.8 Å². The molecule has 1 aliphatic heterocycles. The zero-order valence-electron chi connectivity index (χ0n) is 12.5. The lowest BCUT2D eigenvalue weighted by atomic mass is 9.68. The Labute approximate surface area is 113 Å². The van der Waals surface area contributed by atoms with Gasteiger partial charge in [-0.05, 0) is 51.1 Å². The van der Waals surface area contributed by atoms with Gasteiger partial charge in [-0.15, -0.1) is 0 Å². The van der Waals surface area contributed by atoms with E-state index in [4.69, 9.17) is 0 Å². The number of nitrogens with zero attached hydrogens (tertiary/aromatic N) is 1. The molecule has 1 atom stereocenters. The third-order valence-corrected chi connectivity index (χ3v) is 5.59. The second-order valence-corrected chi connectivity index (χ2v) is 7.50. The summed E-state index contributed by atoms with van der Waals surface area (Å²) in [6, 6.07) is 0. The molecule has 2 nitrogen and oxygen atoms in total. The molecule has 0 amide bonds. The first-order valence-corrected chi connectivity index (χ1v) is 7.84. The van der Waals surface area contributed by atoms with Crippen LogP contribution >= 0.6 is 0 Å². The fourth-order valence-electron chi connectivity index (χ4n) is 3.70. The minimum absolute atomic E-state index is 0.0249. The molecule has 0 aromatic heterocycles. The van der Waals surface area contributed by atoms with E-state index in [1.807, 2.05) is 6.92 Å². The summed E-state index contributed by atoms with van der Waals surface area (Å²) in [4.78, 5) is 2.58. The molecule has 0 aromatic carbocycles. The summed E-state index contributed by atoms with van der Waals surface area (Å²) in [6.45, 7) is 9.82. The number of hydrogen-bond acceptors (Lipinski definition) is 2. The van der Waals surface area contributed by atoms with Crippen LogP contribution < -0.4 is 0 Å². The van der Waals surface area contributed by atoms with Crippen LogP contribution in [0, 0.1) is 10.8 Å². The summed E-state index contributed by atoms with van der Waals surface area (Å²) in [6.07, 6.45) is 9.88. The quantitative estimate of drug-likeness (QED) is 0.833. The van der Waals surface area contributed by atoms with Gasteiger partial charge in [-0.2, -0.15) is 0 Å². The van der Waals surface area contributed by atoms with E-state index in [1.54, 1.807) is 0 Å². The van der Waals surface area contributed by atoms with Crippen LogP contribution in [0.1, 0.15) is 65.7 Å². The molecule has 1 saturated carbocycles. The van der Waals surface area contributed by atoms with Crippen LogP contribution in [0.4, 0.5) is 0 Å². The molecule has 1 heterocycles. The van der Waals surface area contributed by atoms with Crippen LogP contribution in [0.15, 0.2) is 0 Å². The first-order valence-electron chi connectivity index (χ1n) is 7.84. The predicted octanol–water partition coefficient (Wildman–Crippen LogP) is 3.44. The van der Waals surface area contributed by atoms with E-state index in [2.05, 4.69) is 18.7 Å². The number of aliphatic hydroxyl groups excluding tert-OH is 1. The highest BCUT2D eigenvalue weighted by Crippen LogP contribution is 2.44. The van der Waals surface area contributed by atoms with Crippen molar-refractivity contribution in [2.45, 2.75) is 71.8 Å². The molecule has 1 unspecified atom stereocenters. The van der Waals surface area contributed by atoms with E-state index >= 15 is 0 Å². The van der Waals surface area contributed by atoms with Gasteiger partial charge in [0.2, 0.25) is 0 Å². The number of piperidine rings is 1. The Morgan fingerprint density at radius 3 is 2.11 bits per heavy atom. The summed E-state index contributed by atoms with van der Waals surface area (Å²) >= 11 is 0. The van der Waals surface area contributed by atoms with Crippen molar-refractivity contribution in [3.05, 3.63) is 0 Å². The topological polar surface area (TPSA) is 23.5 Å². The van der Waals surface area contributed by atoms with Gasteiger partial charge in [0.15, 0.2) is 0 Å². The molecular formula is C16H31NO. The number of hydrogen-bond donors (Lipinski definition) is 1. The Morgan fingerprint density at radius 2 is 1.61 bits per heavy atom. The fourth-order valence-corrected chi connectivity index (χ4v) is 3.70. The van der Waals surface area contributed by atoms with Gasteiger partial charge in [0.05, 0.1) is 6.10 Å². The smallest absolute Gasteiger partial charge is 0.0575 e. The van der Waals surface area contributed by atoms with Gasteiger partial charge in [-0.25, -0.2) is 0 Å². The van der Waals surface area contributed by atoms with Crippen molar-refractivity contribution in [3.8, 4) is 0 Å². The second-order valence-electron chi connectivity index (χ2n) is 7.50. The van der Waals surface area contributed by atoms with Crippen LogP contribution in [0.25, 0.3) is 0 Å². The van der Waals surface area contributed by atoms with Gasteiger partial charge in [-0.3, -0.25) is 0 Å². The highest BCUT2D eigenvalue weighted by Gasteiger charge is 2.37. The molecule has 1 saturated heterocycles. The Kier molecular flexibility index (Phi) is 4.38. The normalized spacial score (nSPS) is 27.3. The molecule has 18 heavy (non-hydrogen) atoms. The minimum Gasteiger partial charge on any atom is -0.393 e. The minimum atomic E-state index is -0.219. The standard InChI is InChI=1S/C16H31NO/c1-14(18)15(2,3)13-17-11-9-16(10-12-17)7-5-4-6-8-16/h14,18H,4-13H2,1-3H3. The maximum Gasteiger partial charge on any atom is 0.0575 e. The molecule has 0 bridgehead atoms. The molecule has 1 aliphatic carbocycles. The lowest BCUT2D eigenvalue weighted by Crippen LogP contribution is -2.46. The molecule has 1 spiro atoms. The Hall–Kier alpha value is -0.0800. The largest absolute Gasteiger partial charge is 0.393 e. The molecule has 2 fully saturated rings. The average molecular weight is 253 g/mol. The van der Waals surface area contributed by atoms with Crippen molar-refractivity contribution in [3.63, 3.8) is 0 Å². The summed E-state index contributed by atoms with van der Waals surface area (Å²) in [5.74, 6) is 0. The van der Waals surface area contributed by atoms with E-state index in [-0.39, 0.29) is 11.5 Å². The highest BCUT2D eigenvalue weighted by atomic mass is 16.3. The maximum absolute atomic E-state index is 9.83. The highest BCUT2D eigenvalue weighted by molar-refractivity contribution is 4.90. The van der Waals surface area contributed by atoms with Gasteiger partial charge in [0, 0.05) is 12.0 Å². The fraction of sp³-hybridized carbons (Fsp3) is 1.00. The monoisotopic (exact) mass is 253 g/mol. The third kappa shape index (κ3) is 3.27. The Balaban J connectivity index is 1.83. The van der Waals surface area contributed by atoms with Gasteiger partial charge in [-0.1, -0.05) is 33.1 Å². The van der Waals surface area contributed by atoms with E-state index in [0.717, 1.165) is 6.54 Å². The van der Waals surface area contributed by atoms with Crippen LogP contribution in [0.2, 0.25) is 0 Å². The van der Waals surface area contributed by atoms with E-state index in [9.17, 15) is 5.11 Å². The average Bonchev–Trinajstić information content (AvgIpc) is 2.33. The molecule has 2 rings (SSSR count). The van der Waals surface area contributed by atoms with Gasteiger partial charge in [0.1, 0.15) is 0 Å². The molecular weight excluding hydrogens is 222 g/mol. The molecule has 0 aromatic rings. The lowest BCUT2D eigenvalue weighted by molar-refractivity contribution is 0.00430. The van der Waals surface area contributed by atoms with E-state index < -0.39 is 0 Å². The maximum atomic E-state index is 9.83. The van der Waals surface area contributed by atoms with Crippen LogP contribution in [-0.4, -0.2) is 35.7 Å². The molecule has 2 heteroatoms. The van der Waals surface area contributed by atoms with E-state index in [0.29, 0.717) is 5.41 Å². The summed E-state index contributed by atoms with van der Waals surface area (Å²) in [5, 5.41) is 9.83. The van der Waals surface area contributed by atoms with Crippen molar-refractivity contribution in [1.29, 1.82) is 0 Å². The first-order chi connectivity index (χ1) is 8.44. The molecule has 2 aliphatic rings. The summed E-state index contributed by atoms with van der Waals surface area (Å²) in [7, 11) is 0. The van der Waals surface area contributed by atoms with Crippen LogP contribution in [0.5, 0.6) is 0 Å². The predicted molar refractivity (Wildman–Crippen MR) is 76.7 cm³/mol. The number of aliphatic hydroxyl groups is 1. The van der Waals surface area contributed by atoms with Crippen molar-refractivity contribution in [2.75, 3.05) is 19.6 Å². The SMILES string of the molecule is CC(O)C(C)(C)CN1CCC2(CCCCC2)CC1. The van der Waals surface area contributed by atoms with Crippen molar-refractivity contribution < 1.29 is 5.11 Å². The Morgan fingerprint density at radius 1 is 1.06 bits per heavy atom. The number of likely N-dealkylation sites (tertiary alicyclic amines) is 1. The van der Waals surface area contributed by atoms with Gasteiger partial charge in [0.25, 0.3) is 0 Å². The van der Waals surface area contributed by atoms with Crippen LogP contribution in [0.3, 0.4) is 0 Å².